The number of nitrogens with one attached hydrogen (secondary N) is 1. The molecule has 0 heterocycles. The molecule has 0 aliphatic rings. The highest BCUT2D eigenvalue weighted by atomic mass is 19.4. The SMILES string of the molecule is COc1cc(C(=O)Nc2cccc(OC(F)(F)F)c2)ccc1OCC(N)=O. The Bertz CT molecular complexity index is 840. The molecule has 0 unspecified atom stereocenters. The summed E-state index contributed by atoms with van der Waals surface area (Å²) in [5, 5.41) is 2.45. The number of benzene rings is 2. The van der Waals surface area contributed by atoms with Crippen LogP contribution in [0.3, 0.4) is 0 Å². The molecule has 0 radical (unpaired) electrons. The maximum absolute atomic E-state index is 12.3. The van der Waals surface area contributed by atoms with Gasteiger partial charge in [0.05, 0.1) is 7.11 Å². The minimum absolute atomic E-state index is 0.106. The average Bonchev–Trinajstić information content (AvgIpc) is 2.58. The number of primary amides is 1. The minimum atomic E-state index is -4.84. The normalized spacial score (nSPS) is 10.8. The fraction of sp³-hybridized carbons (Fsp3) is 0.176. The van der Waals surface area contributed by atoms with Crippen molar-refractivity contribution in [3.05, 3.63) is 48.0 Å². The van der Waals surface area contributed by atoms with Gasteiger partial charge in [-0.3, -0.25) is 9.59 Å². The third-order valence-corrected chi connectivity index (χ3v) is 3.12. The van der Waals surface area contributed by atoms with Gasteiger partial charge in [0.25, 0.3) is 11.8 Å². The molecular formula is C17H15F3N2O5. The molecular weight excluding hydrogens is 369 g/mol. The predicted molar refractivity (Wildman–Crippen MR) is 88.8 cm³/mol. The van der Waals surface area contributed by atoms with Crippen molar-refractivity contribution < 1.29 is 37.0 Å². The van der Waals surface area contributed by atoms with Crippen LogP contribution in [0.4, 0.5) is 18.9 Å². The van der Waals surface area contributed by atoms with Crippen molar-refractivity contribution in [2.24, 2.45) is 5.73 Å². The van der Waals surface area contributed by atoms with E-state index in [1.165, 1.54) is 37.4 Å². The number of amides is 2. The van der Waals surface area contributed by atoms with E-state index in [1.807, 2.05) is 0 Å². The van der Waals surface area contributed by atoms with E-state index in [0.717, 1.165) is 12.1 Å². The van der Waals surface area contributed by atoms with Gasteiger partial charge < -0.3 is 25.3 Å². The molecule has 27 heavy (non-hydrogen) atoms. The molecule has 7 nitrogen and oxygen atoms in total. The van der Waals surface area contributed by atoms with Gasteiger partial charge in [-0.05, 0) is 30.3 Å². The summed E-state index contributed by atoms with van der Waals surface area (Å²) in [5.74, 6) is -1.36. The molecule has 0 atom stereocenters. The summed E-state index contributed by atoms with van der Waals surface area (Å²) in [6.45, 7) is -0.367. The van der Waals surface area contributed by atoms with E-state index in [2.05, 4.69) is 10.1 Å². The standard InChI is InChI=1S/C17H15F3N2O5/c1-25-14-7-10(5-6-13(14)26-9-15(21)23)16(24)22-11-3-2-4-12(8-11)27-17(18,19)20/h2-8H,9H2,1H3,(H2,21,23)(H,22,24). The summed E-state index contributed by atoms with van der Waals surface area (Å²) < 4.78 is 50.9. The van der Waals surface area contributed by atoms with Crippen molar-refractivity contribution in [1.29, 1.82) is 0 Å². The highest BCUT2D eigenvalue weighted by Crippen LogP contribution is 2.29. The third kappa shape index (κ3) is 6.10. The zero-order chi connectivity index (χ0) is 20.0. The van der Waals surface area contributed by atoms with Gasteiger partial charge in [-0.1, -0.05) is 6.07 Å². The number of rotatable bonds is 7. The van der Waals surface area contributed by atoms with Crippen molar-refractivity contribution in [2.75, 3.05) is 19.0 Å². The van der Waals surface area contributed by atoms with Crippen molar-refractivity contribution in [1.82, 2.24) is 0 Å². The monoisotopic (exact) mass is 384 g/mol. The van der Waals surface area contributed by atoms with Crippen molar-refractivity contribution in [2.45, 2.75) is 6.36 Å². The molecule has 10 heteroatoms. The molecule has 0 aliphatic heterocycles. The zero-order valence-corrected chi connectivity index (χ0v) is 14.0. The molecule has 0 fully saturated rings. The largest absolute Gasteiger partial charge is 0.573 e. The molecule has 0 bridgehead atoms. The van der Waals surface area contributed by atoms with Gasteiger partial charge in [0.2, 0.25) is 0 Å². The number of methoxy groups -OCH3 is 1. The first-order valence-electron chi connectivity index (χ1n) is 7.44. The van der Waals surface area contributed by atoms with Gasteiger partial charge in [-0.2, -0.15) is 0 Å². The molecule has 2 amide bonds. The van der Waals surface area contributed by atoms with Gasteiger partial charge in [-0.25, -0.2) is 0 Å². The van der Waals surface area contributed by atoms with Crippen molar-refractivity contribution in [3.8, 4) is 17.2 Å². The maximum Gasteiger partial charge on any atom is 0.573 e. The molecule has 0 spiro atoms. The van der Waals surface area contributed by atoms with E-state index in [1.54, 1.807) is 0 Å². The van der Waals surface area contributed by atoms with Crippen LogP contribution in [-0.2, 0) is 4.79 Å². The number of anilines is 1. The number of halogens is 3. The fourth-order valence-corrected chi connectivity index (χ4v) is 2.05. The van der Waals surface area contributed by atoms with Gasteiger partial charge in [0.1, 0.15) is 5.75 Å². The molecule has 2 aromatic rings. The lowest BCUT2D eigenvalue weighted by Gasteiger charge is -2.12. The second-order valence-corrected chi connectivity index (χ2v) is 5.15. The summed E-state index contributed by atoms with van der Waals surface area (Å²) in [6.07, 6.45) is -4.84. The Kier molecular flexibility index (Phi) is 6.11. The highest BCUT2D eigenvalue weighted by molar-refractivity contribution is 6.04. The molecule has 2 rings (SSSR count). The van der Waals surface area contributed by atoms with Crippen LogP contribution in [0.5, 0.6) is 17.2 Å². The van der Waals surface area contributed by atoms with Gasteiger partial charge in [-0.15, -0.1) is 13.2 Å². The van der Waals surface area contributed by atoms with E-state index < -0.39 is 23.9 Å². The maximum atomic E-state index is 12.3. The van der Waals surface area contributed by atoms with Crippen LogP contribution in [-0.4, -0.2) is 31.9 Å². The Morgan fingerprint density at radius 2 is 1.85 bits per heavy atom. The van der Waals surface area contributed by atoms with Crippen LogP contribution in [0.25, 0.3) is 0 Å². The van der Waals surface area contributed by atoms with Crippen molar-refractivity contribution >= 4 is 17.5 Å². The van der Waals surface area contributed by atoms with Crippen molar-refractivity contribution in [3.63, 3.8) is 0 Å². The van der Waals surface area contributed by atoms with Crippen LogP contribution in [0, 0.1) is 0 Å². The van der Waals surface area contributed by atoms with Crippen LogP contribution >= 0.6 is 0 Å². The molecule has 144 valence electrons. The summed E-state index contributed by atoms with van der Waals surface area (Å²) in [6, 6.07) is 9.00. The van der Waals surface area contributed by atoms with Crippen LogP contribution in [0.1, 0.15) is 10.4 Å². The number of nitrogens with two attached hydrogens (primary N) is 1. The number of carbonyl (C=O) groups excluding carboxylic acids is 2. The number of hydrogen-bond acceptors (Lipinski definition) is 5. The summed E-state index contributed by atoms with van der Waals surface area (Å²) in [7, 11) is 1.34. The fourth-order valence-electron chi connectivity index (χ4n) is 2.05. The third-order valence-electron chi connectivity index (χ3n) is 3.12. The predicted octanol–water partition coefficient (Wildman–Crippen LogP) is 2.71. The zero-order valence-electron chi connectivity index (χ0n) is 14.0. The van der Waals surface area contributed by atoms with E-state index >= 15 is 0 Å². The Labute approximate surface area is 151 Å². The molecule has 3 N–H and O–H groups in total. The topological polar surface area (TPSA) is 99.9 Å². The Morgan fingerprint density at radius 1 is 1.11 bits per heavy atom. The van der Waals surface area contributed by atoms with Crippen LogP contribution in [0.15, 0.2) is 42.5 Å². The number of alkyl halides is 3. The lowest BCUT2D eigenvalue weighted by atomic mass is 10.1. The lowest BCUT2D eigenvalue weighted by Crippen LogP contribution is -2.20. The summed E-state index contributed by atoms with van der Waals surface area (Å²) >= 11 is 0. The number of ether oxygens (including phenoxy) is 3. The average molecular weight is 384 g/mol. The lowest BCUT2D eigenvalue weighted by molar-refractivity contribution is -0.274. The Hall–Kier alpha value is -3.43. The molecule has 0 saturated carbocycles. The second-order valence-electron chi connectivity index (χ2n) is 5.15. The smallest absolute Gasteiger partial charge is 0.493 e. The summed E-state index contributed by atoms with van der Waals surface area (Å²) in [5.41, 5.74) is 5.26. The first-order chi connectivity index (χ1) is 12.7. The van der Waals surface area contributed by atoms with E-state index in [4.69, 9.17) is 15.2 Å². The van der Waals surface area contributed by atoms with Crippen LogP contribution in [0.2, 0.25) is 0 Å². The van der Waals surface area contributed by atoms with Gasteiger partial charge >= 0.3 is 6.36 Å². The number of hydrogen-bond donors (Lipinski definition) is 2. The molecule has 0 aromatic heterocycles. The second kappa shape index (κ2) is 8.30. The van der Waals surface area contributed by atoms with E-state index in [-0.39, 0.29) is 29.4 Å². The Balaban J connectivity index is 2.14. The number of carbonyl (C=O) groups is 2. The van der Waals surface area contributed by atoms with E-state index in [0.29, 0.717) is 0 Å². The first-order valence-corrected chi connectivity index (χ1v) is 7.44. The van der Waals surface area contributed by atoms with E-state index in [9.17, 15) is 22.8 Å². The van der Waals surface area contributed by atoms with Gasteiger partial charge in [0.15, 0.2) is 18.1 Å². The molecule has 0 aliphatic carbocycles. The van der Waals surface area contributed by atoms with Gasteiger partial charge in [0, 0.05) is 17.3 Å². The summed E-state index contributed by atoms with van der Waals surface area (Å²) in [4.78, 5) is 23.1. The minimum Gasteiger partial charge on any atom is -0.493 e. The first kappa shape index (κ1) is 19.9. The molecule has 2 aromatic carbocycles. The molecule has 0 saturated heterocycles. The quantitative estimate of drug-likeness (QED) is 0.765. The Morgan fingerprint density at radius 3 is 2.48 bits per heavy atom. The highest BCUT2D eigenvalue weighted by Gasteiger charge is 2.31. The van der Waals surface area contributed by atoms with Crippen LogP contribution < -0.4 is 25.3 Å².